The Bertz CT molecular complexity index is 303. The Balaban J connectivity index is 1.87. The van der Waals surface area contributed by atoms with E-state index in [-0.39, 0.29) is 0 Å². The van der Waals surface area contributed by atoms with Crippen LogP contribution >= 0.6 is 27.5 Å². The van der Waals surface area contributed by atoms with E-state index in [1.165, 1.54) is 5.56 Å². The lowest BCUT2D eigenvalue weighted by Crippen LogP contribution is -2.17. The summed E-state index contributed by atoms with van der Waals surface area (Å²) in [5.74, 6) is 0. The van der Waals surface area contributed by atoms with Gasteiger partial charge in [-0.15, -0.1) is 11.6 Å². The molecule has 1 aromatic rings. The van der Waals surface area contributed by atoms with Gasteiger partial charge < -0.3 is 5.32 Å². The summed E-state index contributed by atoms with van der Waals surface area (Å²) in [6.07, 6.45) is 1.11. The number of hydrogen-bond donors (Lipinski definition) is 1. The largest absolute Gasteiger partial charge is 0.308 e. The summed E-state index contributed by atoms with van der Waals surface area (Å²) in [5, 5.41) is 3.75. The van der Waals surface area contributed by atoms with Crippen LogP contribution in [0.1, 0.15) is 12.0 Å². The van der Waals surface area contributed by atoms with Gasteiger partial charge in [-0.3, -0.25) is 0 Å². The standard InChI is InChI=1S/C10H11BrClN/c11-8-3-1-2-7(4-8)6-13-10-5-9(10)12/h1-4,9-10,13H,5-6H2. The monoisotopic (exact) mass is 259 g/mol. The average molecular weight is 261 g/mol. The van der Waals surface area contributed by atoms with Crippen LogP contribution in [0.5, 0.6) is 0 Å². The van der Waals surface area contributed by atoms with Gasteiger partial charge in [0.2, 0.25) is 0 Å². The van der Waals surface area contributed by atoms with Crippen LogP contribution in [0.4, 0.5) is 0 Å². The Hall–Kier alpha value is -0.0500. The summed E-state index contributed by atoms with van der Waals surface area (Å²) < 4.78 is 1.13. The molecule has 1 aliphatic rings. The van der Waals surface area contributed by atoms with Gasteiger partial charge in [-0.05, 0) is 24.1 Å². The van der Waals surface area contributed by atoms with Crippen molar-refractivity contribution >= 4 is 27.5 Å². The summed E-state index contributed by atoms with van der Waals surface area (Å²) in [5.41, 5.74) is 1.30. The molecule has 1 aromatic carbocycles. The summed E-state index contributed by atoms with van der Waals surface area (Å²) in [7, 11) is 0. The fraction of sp³-hybridized carbons (Fsp3) is 0.400. The van der Waals surface area contributed by atoms with Crippen LogP contribution in [0, 0.1) is 0 Å². The molecule has 0 radical (unpaired) electrons. The highest BCUT2D eigenvalue weighted by atomic mass is 79.9. The smallest absolute Gasteiger partial charge is 0.0505 e. The zero-order valence-electron chi connectivity index (χ0n) is 7.13. The number of rotatable bonds is 3. The molecule has 0 aromatic heterocycles. The highest BCUT2D eigenvalue weighted by Gasteiger charge is 2.34. The molecule has 0 amide bonds. The van der Waals surface area contributed by atoms with E-state index in [1.54, 1.807) is 0 Å². The van der Waals surface area contributed by atoms with Crippen molar-refractivity contribution in [1.82, 2.24) is 5.32 Å². The number of hydrogen-bond acceptors (Lipinski definition) is 1. The van der Waals surface area contributed by atoms with E-state index in [0.29, 0.717) is 11.4 Å². The van der Waals surface area contributed by atoms with Gasteiger partial charge in [0.05, 0.1) is 5.38 Å². The zero-order chi connectivity index (χ0) is 9.26. The Labute approximate surface area is 91.6 Å². The molecule has 2 unspecified atom stereocenters. The van der Waals surface area contributed by atoms with E-state index in [2.05, 4.69) is 33.4 Å². The highest BCUT2D eigenvalue weighted by molar-refractivity contribution is 9.10. The quantitative estimate of drug-likeness (QED) is 0.824. The lowest BCUT2D eigenvalue weighted by atomic mass is 10.2. The fourth-order valence-electron chi connectivity index (χ4n) is 1.27. The van der Waals surface area contributed by atoms with Crippen LogP contribution in [-0.4, -0.2) is 11.4 Å². The molecule has 1 N–H and O–H groups in total. The molecule has 2 rings (SSSR count). The average Bonchev–Trinajstić information content (AvgIpc) is 2.79. The second-order valence-corrected chi connectivity index (χ2v) is 4.85. The van der Waals surface area contributed by atoms with Crippen LogP contribution in [-0.2, 0) is 6.54 Å². The van der Waals surface area contributed by atoms with Crippen LogP contribution < -0.4 is 5.32 Å². The minimum Gasteiger partial charge on any atom is -0.308 e. The molecule has 70 valence electrons. The molecule has 1 nitrogen and oxygen atoms in total. The number of nitrogens with one attached hydrogen (secondary N) is 1. The SMILES string of the molecule is ClC1CC1NCc1cccc(Br)c1. The summed E-state index contributed by atoms with van der Waals surface area (Å²) >= 11 is 9.32. The molecule has 3 heteroatoms. The van der Waals surface area contributed by atoms with E-state index in [9.17, 15) is 0 Å². The molecule has 0 heterocycles. The minimum absolute atomic E-state index is 0.354. The molecular weight excluding hydrogens is 249 g/mol. The third-order valence-corrected chi connectivity index (χ3v) is 3.15. The molecule has 1 fully saturated rings. The molecule has 1 saturated carbocycles. The number of halogens is 2. The first kappa shape index (κ1) is 9.50. The van der Waals surface area contributed by atoms with E-state index in [4.69, 9.17) is 11.6 Å². The lowest BCUT2D eigenvalue weighted by molar-refractivity contribution is 0.688. The topological polar surface area (TPSA) is 12.0 Å². The van der Waals surface area contributed by atoms with E-state index in [0.717, 1.165) is 17.4 Å². The zero-order valence-corrected chi connectivity index (χ0v) is 9.48. The predicted molar refractivity (Wildman–Crippen MR) is 59.0 cm³/mol. The summed E-state index contributed by atoms with van der Waals surface area (Å²) in [6, 6.07) is 8.85. The van der Waals surface area contributed by atoms with E-state index < -0.39 is 0 Å². The Kier molecular flexibility index (Phi) is 2.92. The Morgan fingerprint density at radius 1 is 1.54 bits per heavy atom. The van der Waals surface area contributed by atoms with Crippen molar-refractivity contribution in [3.05, 3.63) is 34.3 Å². The van der Waals surface area contributed by atoms with E-state index in [1.807, 2.05) is 12.1 Å². The minimum atomic E-state index is 0.354. The van der Waals surface area contributed by atoms with Crippen LogP contribution in [0.2, 0.25) is 0 Å². The molecule has 1 aliphatic carbocycles. The van der Waals surface area contributed by atoms with Gasteiger partial charge in [0, 0.05) is 17.1 Å². The first-order valence-corrected chi connectivity index (χ1v) is 5.60. The van der Waals surface area contributed by atoms with Gasteiger partial charge in [0.15, 0.2) is 0 Å². The number of benzene rings is 1. The van der Waals surface area contributed by atoms with Crippen LogP contribution in [0.25, 0.3) is 0 Å². The van der Waals surface area contributed by atoms with Gasteiger partial charge in [0.25, 0.3) is 0 Å². The van der Waals surface area contributed by atoms with Gasteiger partial charge >= 0.3 is 0 Å². The molecule has 13 heavy (non-hydrogen) atoms. The van der Waals surface area contributed by atoms with Crippen molar-refractivity contribution in [2.45, 2.75) is 24.4 Å². The van der Waals surface area contributed by atoms with Crippen molar-refractivity contribution in [1.29, 1.82) is 0 Å². The van der Waals surface area contributed by atoms with E-state index >= 15 is 0 Å². The maximum absolute atomic E-state index is 5.88. The highest BCUT2D eigenvalue weighted by Crippen LogP contribution is 2.27. The summed E-state index contributed by atoms with van der Waals surface area (Å²) in [4.78, 5) is 0. The first-order chi connectivity index (χ1) is 6.25. The van der Waals surface area contributed by atoms with Gasteiger partial charge in [0.1, 0.15) is 0 Å². The fourth-order valence-corrected chi connectivity index (χ4v) is 2.00. The van der Waals surface area contributed by atoms with Gasteiger partial charge in [-0.2, -0.15) is 0 Å². The lowest BCUT2D eigenvalue weighted by Gasteiger charge is -2.03. The predicted octanol–water partition coefficient (Wildman–Crippen LogP) is 2.92. The normalized spacial score (nSPS) is 26.0. The first-order valence-electron chi connectivity index (χ1n) is 4.37. The maximum Gasteiger partial charge on any atom is 0.0505 e. The maximum atomic E-state index is 5.88. The summed E-state index contributed by atoms with van der Waals surface area (Å²) in [6.45, 7) is 0.910. The molecule has 2 atom stereocenters. The molecule has 0 bridgehead atoms. The molecule has 0 spiro atoms. The van der Waals surface area contributed by atoms with Crippen LogP contribution in [0.3, 0.4) is 0 Å². The Morgan fingerprint density at radius 2 is 2.31 bits per heavy atom. The Morgan fingerprint density at radius 3 is 2.92 bits per heavy atom. The van der Waals surface area contributed by atoms with Crippen molar-refractivity contribution in [3.63, 3.8) is 0 Å². The second-order valence-electron chi connectivity index (χ2n) is 3.37. The van der Waals surface area contributed by atoms with Gasteiger partial charge in [-0.25, -0.2) is 0 Å². The molecule has 0 aliphatic heterocycles. The number of alkyl halides is 1. The van der Waals surface area contributed by atoms with Crippen molar-refractivity contribution in [3.8, 4) is 0 Å². The van der Waals surface area contributed by atoms with Crippen LogP contribution in [0.15, 0.2) is 28.7 Å². The van der Waals surface area contributed by atoms with Crippen molar-refractivity contribution < 1.29 is 0 Å². The van der Waals surface area contributed by atoms with Gasteiger partial charge in [-0.1, -0.05) is 28.1 Å². The van der Waals surface area contributed by atoms with Crippen molar-refractivity contribution in [2.75, 3.05) is 0 Å². The third-order valence-electron chi connectivity index (χ3n) is 2.17. The molecular formula is C10H11BrClN. The third kappa shape index (κ3) is 2.70. The molecule has 0 saturated heterocycles. The second kappa shape index (κ2) is 3.99. The van der Waals surface area contributed by atoms with Crippen molar-refractivity contribution in [2.24, 2.45) is 0 Å².